The Labute approximate surface area is 115 Å². The number of nitrogens with one attached hydrogen (secondary N) is 1. The van der Waals surface area contributed by atoms with Gasteiger partial charge in [-0.25, -0.2) is 4.98 Å². The second-order valence-electron chi connectivity index (χ2n) is 4.50. The molecule has 2 aromatic heterocycles. The van der Waals surface area contributed by atoms with Crippen LogP contribution in [0.4, 0.5) is 0 Å². The van der Waals surface area contributed by atoms with Gasteiger partial charge in [0.2, 0.25) is 0 Å². The Morgan fingerprint density at radius 3 is 2.68 bits per heavy atom. The van der Waals surface area contributed by atoms with Crippen LogP contribution < -0.4 is 5.32 Å². The number of aromatic nitrogens is 4. The summed E-state index contributed by atoms with van der Waals surface area (Å²) in [6.07, 6.45) is 4.47. The minimum absolute atomic E-state index is 0.182. The Balaban J connectivity index is 2.17. The first kappa shape index (κ1) is 13.5. The Bertz CT molecular complexity index is 568. The van der Waals surface area contributed by atoms with Crippen LogP contribution in [0, 0.1) is 5.92 Å². The zero-order chi connectivity index (χ0) is 13.8. The molecule has 0 radical (unpaired) electrons. The van der Waals surface area contributed by atoms with Crippen molar-refractivity contribution in [3.05, 3.63) is 35.5 Å². The van der Waals surface area contributed by atoms with Gasteiger partial charge in [-0.05, 0) is 12.0 Å². The van der Waals surface area contributed by atoms with E-state index in [0.717, 1.165) is 0 Å². The first-order valence-electron chi connectivity index (χ1n) is 5.86. The molecule has 1 amide bonds. The number of carbonyl (C=O) groups is 1. The minimum atomic E-state index is -0.182. The second-order valence-corrected chi connectivity index (χ2v) is 4.91. The van der Waals surface area contributed by atoms with E-state index in [0.29, 0.717) is 28.9 Å². The summed E-state index contributed by atoms with van der Waals surface area (Å²) in [4.78, 5) is 16.0. The smallest absolute Gasteiger partial charge is 0.252 e. The van der Waals surface area contributed by atoms with Crippen LogP contribution in [0.1, 0.15) is 24.2 Å². The fraction of sp³-hybridized carbons (Fsp3) is 0.333. The van der Waals surface area contributed by atoms with Crippen molar-refractivity contribution in [2.45, 2.75) is 13.8 Å². The molecule has 2 aromatic rings. The van der Waals surface area contributed by atoms with Gasteiger partial charge in [0.15, 0.2) is 5.82 Å². The van der Waals surface area contributed by atoms with Gasteiger partial charge in [-0.3, -0.25) is 9.36 Å². The molecule has 0 aliphatic rings. The highest BCUT2D eigenvalue weighted by atomic mass is 35.5. The van der Waals surface area contributed by atoms with E-state index in [9.17, 15) is 4.79 Å². The van der Waals surface area contributed by atoms with Crippen molar-refractivity contribution < 1.29 is 4.79 Å². The average Bonchev–Trinajstić information content (AvgIpc) is 2.89. The average molecular weight is 280 g/mol. The summed E-state index contributed by atoms with van der Waals surface area (Å²) in [5.74, 6) is 0.703. The molecule has 0 atom stereocenters. The molecule has 0 bridgehead atoms. The van der Waals surface area contributed by atoms with Crippen molar-refractivity contribution in [3.63, 3.8) is 0 Å². The number of hydrogen-bond donors (Lipinski definition) is 1. The van der Waals surface area contributed by atoms with E-state index in [4.69, 9.17) is 11.6 Å². The fourth-order valence-electron chi connectivity index (χ4n) is 1.45. The van der Waals surface area contributed by atoms with E-state index in [1.165, 1.54) is 18.9 Å². The van der Waals surface area contributed by atoms with Crippen molar-refractivity contribution in [1.29, 1.82) is 0 Å². The SMILES string of the molecule is CC(C)CNC(=O)c1cnc(-n2cnnc2)c(Cl)c1. The molecule has 2 heterocycles. The lowest BCUT2D eigenvalue weighted by molar-refractivity contribution is 0.0948. The van der Waals surface area contributed by atoms with E-state index in [-0.39, 0.29) is 5.91 Å². The molecule has 2 rings (SSSR count). The largest absolute Gasteiger partial charge is 0.352 e. The molecule has 6 nitrogen and oxygen atoms in total. The zero-order valence-corrected chi connectivity index (χ0v) is 11.4. The van der Waals surface area contributed by atoms with Gasteiger partial charge in [0.25, 0.3) is 5.91 Å². The molecule has 0 aromatic carbocycles. The highest BCUT2D eigenvalue weighted by molar-refractivity contribution is 6.32. The number of amides is 1. The van der Waals surface area contributed by atoms with E-state index < -0.39 is 0 Å². The van der Waals surface area contributed by atoms with E-state index in [1.807, 2.05) is 13.8 Å². The van der Waals surface area contributed by atoms with Gasteiger partial charge in [0.05, 0.1) is 10.6 Å². The highest BCUT2D eigenvalue weighted by Crippen LogP contribution is 2.18. The van der Waals surface area contributed by atoms with Crippen LogP contribution in [-0.2, 0) is 0 Å². The minimum Gasteiger partial charge on any atom is -0.352 e. The lowest BCUT2D eigenvalue weighted by atomic mass is 10.2. The van der Waals surface area contributed by atoms with Gasteiger partial charge in [-0.15, -0.1) is 10.2 Å². The van der Waals surface area contributed by atoms with Gasteiger partial charge in [-0.2, -0.15) is 0 Å². The molecule has 0 saturated carbocycles. The normalized spacial score (nSPS) is 10.7. The monoisotopic (exact) mass is 279 g/mol. The molecule has 0 unspecified atom stereocenters. The topological polar surface area (TPSA) is 72.7 Å². The molecule has 0 spiro atoms. The number of pyridine rings is 1. The summed E-state index contributed by atoms with van der Waals surface area (Å²) in [5.41, 5.74) is 0.433. The molecule has 0 saturated heterocycles. The third kappa shape index (κ3) is 3.29. The summed E-state index contributed by atoms with van der Waals surface area (Å²) in [7, 11) is 0. The van der Waals surface area contributed by atoms with Crippen LogP contribution >= 0.6 is 11.6 Å². The van der Waals surface area contributed by atoms with Crippen LogP contribution in [0.2, 0.25) is 5.02 Å². The summed E-state index contributed by atoms with van der Waals surface area (Å²) >= 11 is 6.11. The highest BCUT2D eigenvalue weighted by Gasteiger charge is 2.11. The molecular formula is C12H14ClN5O. The van der Waals surface area contributed by atoms with Gasteiger partial charge in [0.1, 0.15) is 12.7 Å². The molecule has 19 heavy (non-hydrogen) atoms. The van der Waals surface area contributed by atoms with Crippen LogP contribution in [0.15, 0.2) is 24.9 Å². The van der Waals surface area contributed by atoms with Crippen LogP contribution in [0.3, 0.4) is 0 Å². The van der Waals surface area contributed by atoms with Crippen LogP contribution in [0.25, 0.3) is 5.82 Å². The predicted octanol–water partition coefficient (Wildman–Crippen LogP) is 1.70. The van der Waals surface area contributed by atoms with E-state index >= 15 is 0 Å². The lowest BCUT2D eigenvalue weighted by Crippen LogP contribution is -2.27. The fourth-order valence-corrected chi connectivity index (χ4v) is 1.72. The molecular weight excluding hydrogens is 266 g/mol. The number of carbonyl (C=O) groups excluding carboxylic acids is 1. The number of nitrogens with zero attached hydrogens (tertiary/aromatic N) is 4. The van der Waals surface area contributed by atoms with Crippen molar-refractivity contribution in [3.8, 4) is 5.82 Å². The molecule has 0 fully saturated rings. The zero-order valence-electron chi connectivity index (χ0n) is 10.7. The maximum Gasteiger partial charge on any atom is 0.252 e. The molecule has 0 aliphatic carbocycles. The Morgan fingerprint density at radius 1 is 1.42 bits per heavy atom. The van der Waals surface area contributed by atoms with Gasteiger partial charge >= 0.3 is 0 Å². The summed E-state index contributed by atoms with van der Waals surface area (Å²) in [5, 5.41) is 10.5. The van der Waals surface area contributed by atoms with Crippen molar-refractivity contribution in [1.82, 2.24) is 25.1 Å². The number of halogens is 1. The second kappa shape index (κ2) is 5.79. The number of rotatable bonds is 4. The third-order valence-corrected chi connectivity index (χ3v) is 2.70. The summed E-state index contributed by atoms with van der Waals surface area (Å²) < 4.78 is 1.58. The van der Waals surface area contributed by atoms with Crippen molar-refractivity contribution >= 4 is 17.5 Å². The van der Waals surface area contributed by atoms with Gasteiger partial charge < -0.3 is 5.32 Å². The predicted molar refractivity (Wildman–Crippen MR) is 71.3 cm³/mol. The molecule has 1 N–H and O–H groups in total. The molecule has 100 valence electrons. The summed E-state index contributed by atoms with van der Waals surface area (Å²) in [6.45, 7) is 4.67. The first-order chi connectivity index (χ1) is 9.08. The van der Waals surface area contributed by atoms with E-state index in [1.54, 1.807) is 10.6 Å². The first-order valence-corrected chi connectivity index (χ1v) is 6.24. The quantitative estimate of drug-likeness (QED) is 0.924. The van der Waals surface area contributed by atoms with Crippen molar-refractivity contribution in [2.75, 3.05) is 6.54 Å². The maximum atomic E-state index is 11.9. The van der Waals surface area contributed by atoms with E-state index in [2.05, 4.69) is 20.5 Å². The molecule has 0 aliphatic heterocycles. The summed E-state index contributed by atoms with van der Waals surface area (Å²) in [6, 6.07) is 1.58. The molecule has 7 heteroatoms. The van der Waals surface area contributed by atoms with Crippen LogP contribution in [-0.4, -0.2) is 32.2 Å². The van der Waals surface area contributed by atoms with Gasteiger partial charge in [-0.1, -0.05) is 25.4 Å². The Hall–Kier alpha value is -1.95. The third-order valence-electron chi connectivity index (χ3n) is 2.42. The standard InChI is InChI=1S/C12H14ClN5O/c1-8(2)4-15-12(19)9-3-10(13)11(14-5-9)18-6-16-17-7-18/h3,5-8H,4H2,1-2H3,(H,15,19). The Kier molecular flexibility index (Phi) is 4.11. The Morgan fingerprint density at radius 2 is 2.11 bits per heavy atom. The van der Waals surface area contributed by atoms with Crippen molar-refractivity contribution in [2.24, 2.45) is 5.92 Å². The number of hydrogen-bond acceptors (Lipinski definition) is 4. The van der Waals surface area contributed by atoms with Gasteiger partial charge in [0, 0.05) is 12.7 Å². The maximum absolute atomic E-state index is 11.9. The lowest BCUT2D eigenvalue weighted by Gasteiger charge is -2.09. The van der Waals surface area contributed by atoms with Crippen LogP contribution in [0.5, 0.6) is 0 Å².